The smallest absolute Gasteiger partial charge is 0.174 e. The zero-order chi connectivity index (χ0) is 20.8. The molecule has 0 bridgehead atoms. The number of aryl methyl sites for hydroxylation is 1. The zero-order valence-electron chi connectivity index (χ0n) is 16.3. The summed E-state index contributed by atoms with van der Waals surface area (Å²) in [5.41, 5.74) is 4.59. The Morgan fingerprint density at radius 3 is 2.31 bits per heavy atom. The van der Waals surface area contributed by atoms with Gasteiger partial charge in [-0.3, -0.25) is 0 Å². The van der Waals surface area contributed by atoms with Crippen LogP contribution in [0.2, 0.25) is 0 Å². The van der Waals surface area contributed by atoms with Crippen molar-refractivity contribution >= 4 is 60.1 Å². The van der Waals surface area contributed by atoms with Gasteiger partial charge in [0, 0.05) is 21.2 Å². The van der Waals surface area contributed by atoms with Gasteiger partial charge in [0.05, 0.1) is 10.2 Å². The molecule has 0 saturated carbocycles. The van der Waals surface area contributed by atoms with Crippen LogP contribution in [0.5, 0.6) is 11.5 Å². The lowest BCUT2D eigenvalue weighted by Gasteiger charge is -2.17. The van der Waals surface area contributed by atoms with Crippen molar-refractivity contribution in [3.63, 3.8) is 0 Å². The van der Waals surface area contributed by atoms with Crippen molar-refractivity contribution in [3.8, 4) is 11.5 Å². The van der Waals surface area contributed by atoms with Gasteiger partial charge in [-0.05, 0) is 95.6 Å². The van der Waals surface area contributed by atoms with Gasteiger partial charge in [-0.25, -0.2) is 0 Å². The van der Waals surface area contributed by atoms with Crippen LogP contribution in [0.15, 0.2) is 63.5 Å². The van der Waals surface area contributed by atoms with E-state index in [4.69, 9.17) is 9.47 Å². The van der Waals surface area contributed by atoms with E-state index in [1.165, 1.54) is 5.56 Å². The summed E-state index contributed by atoms with van der Waals surface area (Å²) < 4.78 is 15.2. The Hall–Kier alpha value is -1.25. The summed E-state index contributed by atoms with van der Waals surface area (Å²) in [5, 5.41) is 3.51. The predicted octanol–water partition coefficient (Wildman–Crippen LogP) is 7.71. The third kappa shape index (κ3) is 6.36. The van der Waals surface area contributed by atoms with E-state index in [9.17, 15) is 0 Å². The predicted molar refractivity (Wildman–Crippen MR) is 135 cm³/mol. The van der Waals surface area contributed by atoms with Crippen LogP contribution in [0, 0.1) is 10.5 Å². The Labute approximate surface area is 202 Å². The van der Waals surface area contributed by atoms with Crippen molar-refractivity contribution in [1.82, 2.24) is 0 Å². The highest BCUT2D eigenvalue weighted by Gasteiger charge is 2.13. The summed E-state index contributed by atoms with van der Waals surface area (Å²) in [6, 6.07) is 18.6. The van der Waals surface area contributed by atoms with Crippen LogP contribution in [0.3, 0.4) is 0 Å². The molecule has 3 rings (SSSR count). The van der Waals surface area contributed by atoms with Gasteiger partial charge in [-0.2, -0.15) is 0 Å². The van der Waals surface area contributed by atoms with E-state index in [1.54, 1.807) is 0 Å². The largest absolute Gasteiger partial charge is 0.490 e. The minimum atomic E-state index is 0.499. The molecule has 152 valence electrons. The zero-order valence-corrected chi connectivity index (χ0v) is 21.6. The maximum atomic E-state index is 6.12. The Morgan fingerprint density at radius 1 is 0.897 bits per heavy atom. The quantitative estimate of drug-likeness (QED) is 0.259. The van der Waals surface area contributed by atoms with Crippen molar-refractivity contribution in [2.24, 2.45) is 0 Å². The van der Waals surface area contributed by atoms with Gasteiger partial charge in [0.25, 0.3) is 0 Å². The standard InChI is InChI=1S/C23H22Br2INO2/c1-3-28-22-12-17(13-27-21-9-8-19(25)10-15(21)2)11-20(26)23(22)29-14-16-4-6-18(24)7-5-16/h4-12,27H,3,13-14H2,1-2H3. The molecule has 3 aromatic carbocycles. The molecule has 0 unspecified atom stereocenters. The molecule has 3 aromatic rings. The van der Waals surface area contributed by atoms with Crippen LogP contribution in [-0.2, 0) is 13.2 Å². The van der Waals surface area contributed by atoms with Gasteiger partial charge >= 0.3 is 0 Å². The van der Waals surface area contributed by atoms with E-state index in [0.29, 0.717) is 19.8 Å². The van der Waals surface area contributed by atoms with Crippen LogP contribution in [0.4, 0.5) is 5.69 Å². The van der Waals surface area contributed by atoms with Crippen molar-refractivity contribution in [2.45, 2.75) is 27.0 Å². The normalized spacial score (nSPS) is 10.7. The summed E-state index contributed by atoms with van der Waals surface area (Å²) >= 11 is 9.29. The van der Waals surface area contributed by atoms with E-state index in [2.05, 4.69) is 103 Å². The minimum Gasteiger partial charge on any atom is -0.490 e. The molecular formula is C23H22Br2INO2. The fraction of sp³-hybridized carbons (Fsp3) is 0.217. The third-order valence-electron chi connectivity index (χ3n) is 4.34. The van der Waals surface area contributed by atoms with Crippen LogP contribution in [0.1, 0.15) is 23.6 Å². The van der Waals surface area contributed by atoms with Crippen molar-refractivity contribution < 1.29 is 9.47 Å². The van der Waals surface area contributed by atoms with Crippen LogP contribution >= 0.6 is 54.5 Å². The second-order valence-electron chi connectivity index (χ2n) is 6.57. The number of ether oxygens (including phenoxy) is 2. The van der Waals surface area contributed by atoms with Gasteiger partial charge < -0.3 is 14.8 Å². The molecule has 0 aliphatic rings. The van der Waals surface area contributed by atoms with E-state index >= 15 is 0 Å². The van der Waals surface area contributed by atoms with E-state index < -0.39 is 0 Å². The first kappa shape index (κ1) is 22.4. The summed E-state index contributed by atoms with van der Waals surface area (Å²) in [6.07, 6.45) is 0. The van der Waals surface area contributed by atoms with Gasteiger partial charge in [-0.15, -0.1) is 0 Å². The number of anilines is 1. The van der Waals surface area contributed by atoms with Crippen molar-refractivity contribution in [1.29, 1.82) is 0 Å². The van der Waals surface area contributed by atoms with E-state index in [1.807, 2.05) is 25.1 Å². The molecule has 0 aliphatic heterocycles. The maximum Gasteiger partial charge on any atom is 0.174 e. The fourth-order valence-electron chi connectivity index (χ4n) is 2.89. The molecule has 6 heteroatoms. The number of rotatable bonds is 8. The molecule has 0 radical (unpaired) electrons. The average Bonchev–Trinajstić information content (AvgIpc) is 2.68. The molecule has 0 aliphatic carbocycles. The topological polar surface area (TPSA) is 30.5 Å². The highest BCUT2D eigenvalue weighted by atomic mass is 127. The lowest BCUT2D eigenvalue weighted by atomic mass is 10.1. The number of nitrogens with one attached hydrogen (secondary N) is 1. The first-order valence-corrected chi connectivity index (χ1v) is 11.9. The average molecular weight is 631 g/mol. The summed E-state index contributed by atoms with van der Waals surface area (Å²) in [7, 11) is 0. The summed E-state index contributed by atoms with van der Waals surface area (Å²) in [4.78, 5) is 0. The molecule has 0 heterocycles. The second-order valence-corrected chi connectivity index (χ2v) is 9.56. The number of hydrogen-bond donors (Lipinski definition) is 1. The molecule has 0 fully saturated rings. The van der Waals surface area contributed by atoms with Crippen molar-refractivity contribution in [3.05, 3.63) is 83.8 Å². The highest BCUT2D eigenvalue weighted by molar-refractivity contribution is 14.1. The molecule has 0 spiro atoms. The highest BCUT2D eigenvalue weighted by Crippen LogP contribution is 2.35. The van der Waals surface area contributed by atoms with Crippen molar-refractivity contribution in [2.75, 3.05) is 11.9 Å². The molecule has 0 atom stereocenters. The minimum absolute atomic E-state index is 0.499. The van der Waals surface area contributed by atoms with Crippen LogP contribution < -0.4 is 14.8 Å². The third-order valence-corrected chi connectivity index (χ3v) is 6.16. The lowest BCUT2D eigenvalue weighted by Crippen LogP contribution is -2.05. The first-order chi connectivity index (χ1) is 14.0. The molecule has 1 N–H and O–H groups in total. The Kier molecular flexibility index (Phi) is 8.26. The molecule has 0 amide bonds. The van der Waals surface area contributed by atoms with Gasteiger partial charge in [0.2, 0.25) is 0 Å². The van der Waals surface area contributed by atoms with Gasteiger partial charge in [0.1, 0.15) is 6.61 Å². The molecular weight excluding hydrogens is 609 g/mol. The maximum absolute atomic E-state index is 6.12. The van der Waals surface area contributed by atoms with Crippen LogP contribution in [0.25, 0.3) is 0 Å². The number of halogens is 3. The second kappa shape index (κ2) is 10.7. The van der Waals surface area contributed by atoms with E-state index in [-0.39, 0.29) is 0 Å². The van der Waals surface area contributed by atoms with Gasteiger partial charge in [-0.1, -0.05) is 44.0 Å². The number of hydrogen-bond acceptors (Lipinski definition) is 3. The fourth-order valence-corrected chi connectivity index (χ4v) is 4.45. The summed E-state index contributed by atoms with van der Waals surface area (Å²) in [6.45, 7) is 5.89. The molecule has 0 saturated heterocycles. The number of benzene rings is 3. The first-order valence-electron chi connectivity index (χ1n) is 9.28. The SMILES string of the molecule is CCOc1cc(CNc2ccc(Br)cc2C)cc(I)c1OCc1ccc(Br)cc1. The molecule has 3 nitrogen and oxygen atoms in total. The van der Waals surface area contributed by atoms with Gasteiger partial charge in [0.15, 0.2) is 11.5 Å². The van der Waals surface area contributed by atoms with E-state index in [0.717, 1.165) is 40.8 Å². The van der Waals surface area contributed by atoms with Crippen LogP contribution in [-0.4, -0.2) is 6.61 Å². The molecule has 0 aromatic heterocycles. The Balaban J connectivity index is 1.75. The monoisotopic (exact) mass is 629 g/mol. The lowest BCUT2D eigenvalue weighted by molar-refractivity contribution is 0.267. The Bertz CT molecular complexity index is 977. The molecule has 29 heavy (non-hydrogen) atoms. The summed E-state index contributed by atoms with van der Waals surface area (Å²) in [5.74, 6) is 1.57. The Morgan fingerprint density at radius 2 is 1.62 bits per heavy atom.